The molecule has 1 fully saturated rings. The maximum Gasteiger partial charge on any atom is 0.175 e. The minimum Gasteiger partial charge on any atom is -0.379 e. The van der Waals surface area contributed by atoms with Crippen molar-refractivity contribution in [3.05, 3.63) is 34.9 Å². The van der Waals surface area contributed by atoms with Gasteiger partial charge in [-0.25, -0.2) is 0 Å². The number of nitrogens with two attached hydrogens (primary N) is 1. The summed E-state index contributed by atoms with van der Waals surface area (Å²) in [5.41, 5.74) is 8.18. The van der Waals surface area contributed by atoms with Crippen LogP contribution in [0.4, 0.5) is 0 Å². The van der Waals surface area contributed by atoms with Crippen molar-refractivity contribution in [3.8, 4) is 0 Å². The average molecular weight is 219 g/mol. The third-order valence-electron chi connectivity index (χ3n) is 3.26. The van der Waals surface area contributed by atoms with Crippen LogP contribution in [-0.2, 0) is 4.74 Å². The maximum atomic E-state index is 12.4. The van der Waals surface area contributed by atoms with Gasteiger partial charge in [0.05, 0.1) is 18.6 Å². The van der Waals surface area contributed by atoms with E-state index >= 15 is 0 Å². The van der Waals surface area contributed by atoms with Crippen molar-refractivity contribution in [1.29, 1.82) is 0 Å². The number of hydrogen-bond acceptors (Lipinski definition) is 3. The van der Waals surface area contributed by atoms with Crippen LogP contribution < -0.4 is 5.73 Å². The van der Waals surface area contributed by atoms with E-state index in [4.69, 9.17) is 10.5 Å². The van der Waals surface area contributed by atoms with E-state index in [9.17, 15) is 4.79 Å². The lowest BCUT2D eigenvalue weighted by atomic mass is 9.77. The Morgan fingerprint density at radius 1 is 1.44 bits per heavy atom. The first kappa shape index (κ1) is 11.3. The van der Waals surface area contributed by atoms with E-state index in [2.05, 4.69) is 0 Å². The summed E-state index contributed by atoms with van der Waals surface area (Å²) in [7, 11) is 0. The molecule has 0 aliphatic carbocycles. The molecule has 2 rings (SSSR count). The minimum atomic E-state index is -0.472. The Hall–Kier alpha value is -1.19. The third-order valence-corrected chi connectivity index (χ3v) is 3.26. The zero-order valence-corrected chi connectivity index (χ0v) is 9.75. The normalized spacial score (nSPS) is 17.9. The van der Waals surface area contributed by atoms with E-state index in [-0.39, 0.29) is 5.78 Å². The maximum absolute atomic E-state index is 12.4. The molecule has 0 atom stereocenters. The minimum absolute atomic E-state index is 0.124. The Kier molecular flexibility index (Phi) is 2.82. The molecule has 1 aliphatic heterocycles. The summed E-state index contributed by atoms with van der Waals surface area (Å²) in [6.45, 7) is 5.25. The fourth-order valence-corrected chi connectivity index (χ4v) is 2.04. The summed E-state index contributed by atoms with van der Waals surface area (Å²) in [5, 5.41) is 0. The summed E-state index contributed by atoms with van der Waals surface area (Å²) >= 11 is 0. The number of aryl methyl sites for hydroxylation is 2. The third kappa shape index (κ3) is 1.66. The van der Waals surface area contributed by atoms with E-state index in [1.807, 2.05) is 32.0 Å². The Morgan fingerprint density at radius 2 is 2.12 bits per heavy atom. The summed E-state index contributed by atoms with van der Waals surface area (Å²) < 4.78 is 5.13. The van der Waals surface area contributed by atoms with E-state index in [1.165, 1.54) is 5.56 Å². The van der Waals surface area contributed by atoms with Gasteiger partial charge in [-0.15, -0.1) is 0 Å². The predicted octanol–water partition coefficient (Wildman–Crippen LogP) is 1.46. The molecule has 0 saturated carbocycles. The smallest absolute Gasteiger partial charge is 0.175 e. The Bertz CT molecular complexity index is 416. The van der Waals surface area contributed by atoms with Crippen molar-refractivity contribution in [1.82, 2.24) is 0 Å². The second kappa shape index (κ2) is 4.00. The van der Waals surface area contributed by atoms with Crippen LogP contribution in [0.1, 0.15) is 21.5 Å². The fourth-order valence-electron chi connectivity index (χ4n) is 2.04. The first-order valence-corrected chi connectivity index (χ1v) is 5.49. The van der Waals surface area contributed by atoms with Gasteiger partial charge < -0.3 is 10.5 Å². The van der Waals surface area contributed by atoms with Gasteiger partial charge in [-0.1, -0.05) is 23.8 Å². The second-order valence-corrected chi connectivity index (χ2v) is 4.62. The molecule has 1 aromatic carbocycles. The number of benzene rings is 1. The van der Waals surface area contributed by atoms with E-state index in [1.54, 1.807) is 0 Å². The number of Topliss-reactive ketones (excluding diaryl/α,β-unsaturated/α-hetero) is 1. The summed E-state index contributed by atoms with van der Waals surface area (Å²) in [4.78, 5) is 12.4. The number of carbonyl (C=O) groups excluding carboxylic acids is 1. The van der Waals surface area contributed by atoms with Crippen molar-refractivity contribution in [2.24, 2.45) is 11.1 Å². The van der Waals surface area contributed by atoms with Crippen LogP contribution in [-0.4, -0.2) is 25.5 Å². The largest absolute Gasteiger partial charge is 0.379 e. The molecule has 3 heteroatoms. The molecule has 0 aromatic heterocycles. The predicted molar refractivity (Wildman–Crippen MR) is 62.6 cm³/mol. The molecule has 16 heavy (non-hydrogen) atoms. The van der Waals surface area contributed by atoms with Gasteiger partial charge in [-0.05, 0) is 19.4 Å². The lowest BCUT2D eigenvalue weighted by molar-refractivity contribution is -0.0816. The second-order valence-electron chi connectivity index (χ2n) is 4.62. The molecule has 1 heterocycles. The van der Waals surface area contributed by atoms with Gasteiger partial charge in [0.15, 0.2) is 5.78 Å². The van der Waals surface area contributed by atoms with E-state index in [0.29, 0.717) is 19.8 Å². The average Bonchev–Trinajstić information content (AvgIpc) is 2.16. The van der Waals surface area contributed by atoms with Crippen LogP contribution in [0.2, 0.25) is 0 Å². The van der Waals surface area contributed by atoms with Gasteiger partial charge in [0, 0.05) is 12.1 Å². The van der Waals surface area contributed by atoms with Gasteiger partial charge in [0.1, 0.15) is 0 Å². The zero-order chi connectivity index (χ0) is 11.8. The Morgan fingerprint density at radius 3 is 2.56 bits per heavy atom. The van der Waals surface area contributed by atoms with Crippen molar-refractivity contribution in [2.75, 3.05) is 19.8 Å². The molecule has 2 N–H and O–H groups in total. The lowest BCUT2D eigenvalue weighted by Gasteiger charge is -2.39. The van der Waals surface area contributed by atoms with Gasteiger partial charge in [-0.3, -0.25) is 4.79 Å². The van der Waals surface area contributed by atoms with Crippen LogP contribution in [0.15, 0.2) is 18.2 Å². The molecule has 0 bridgehead atoms. The zero-order valence-electron chi connectivity index (χ0n) is 9.75. The molecule has 1 saturated heterocycles. The fraction of sp³-hybridized carbons (Fsp3) is 0.462. The molecule has 0 unspecified atom stereocenters. The van der Waals surface area contributed by atoms with Gasteiger partial charge in [-0.2, -0.15) is 0 Å². The van der Waals surface area contributed by atoms with Crippen molar-refractivity contribution < 1.29 is 9.53 Å². The number of ketones is 1. The van der Waals surface area contributed by atoms with Gasteiger partial charge >= 0.3 is 0 Å². The van der Waals surface area contributed by atoms with Crippen molar-refractivity contribution >= 4 is 5.78 Å². The molecule has 86 valence electrons. The molecular weight excluding hydrogens is 202 g/mol. The lowest BCUT2D eigenvalue weighted by Crippen LogP contribution is -2.54. The van der Waals surface area contributed by atoms with Gasteiger partial charge in [0.25, 0.3) is 0 Å². The first-order chi connectivity index (χ1) is 7.59. The molecule has 1 aromatic rings. The summed E-state index contributed by atoms with van der Waals surface area (Å²) in [5.74, 6) is 0.124. The monoisotopic (exact) mass is 219 g/mol. The Balaban J connectivity index is 2.33. The highest BCUT2D eigenvalue weighted by Crippen LogP contribution is 2.31. The topological polar surface area (TPSA) is 52.3 Å². The van der Waals surface area contributed by atoms with Crippen LogP contribution in [0, 0.1) is 19.3 Å². The number of carbonyl (C=O) groups is 1. The van der Waals surface area contributed by atoms with Gasteiger partial charge in [0.2, 0.25) is 0 Å². The molecule has 1 aliphatic rings. The highest BCUT2D eigenvalue weighted by molar-refractivity contribution is 6.02. The standard InChI is InChI=1S/C13H17NO2/c1-9-3-4-11(10(2)5-9)12(15)13(6-14)7-16-8-13/h3-5H,6-8,14H2,1-2H3. The summed E-state index contributed by atoms with van der Waals surface area (Å²) in [6.07, 6.45) is 0. The van der Waals surface area contributed by atoms with E-state index in [0.717, 1.165) is 11.1 Å². The molecular formula is C13H17NO2. The Labute approximate surface area is 95.6 Å². The molecule has 0 radical (unpaired) electrons. The van der Waals surface area contributed by atoms with Crippen LogP contribution in [0.5, 0.6) is 0 Å². The highest BCUT2D eigenvalue weighted by atomic mass is 16.5. The molecule has 0 amide bonds. The molecule has 3 nitrogen and oxygen atoms in total. The number of ether oxygens (including phenoxy) is 1. The van der Waals surface area contributed by atoms with Crippen LogP contribution in [0.3, 0.4) is 0 Å². The quantitative estimate of drug-likeness (QED) is 0.783. The SMILES string of the molecule is Cc1ccc(C(=O)C2(CN)COC2)c(C)c1. The number of hydrogen-bond donors (Lipinski definition) is 1. The van der Waals surface area contributed by atoms with Crippen LogP contribution in [0.25, 0.3) is 0 Å². The van der Waals surface area contributed by atoms with Crippen molar-refractivity contribution in [3.63, 3.8) is 0 Å². The van der Waals surface area contributed by atoms with Crippen molar-refractivity contribution in [2.45, 2.75) is 13.8 Å². The van der Waals surface area contributed by atoms with Crippen LogP contribution >= 0.6 is 0 Å². The highest BCUT2D eigenvalue weighted by Gasteiger charge is 2.45. The number of rotatable bonds is 3. The van der Waals surface area contributed by atoms with E-state index < -0.39 is 5.41 Å². The summed E-state index contributed by atoms with van der Waals surface area (Å²) in [6, 6.07) is 5.88. The molecule has 0 spiro atoms. The first-order valence-electron chi connectivity index (χ1n) is 5.49.